The van der Waals surface area contributed by atoms with Crippen molar-refractivity contribution >= 4 is 0 Å². The van der Waals surface area contributed by atoms with Crippen molar-refractivity contribution < 1.29 is 0 Å². The summed E-state index contributed by atoms with van der Waals surface area (Å²) >= 11 is 0. The molecule has 4 heteroatoms. The van der Waals surface area contributed by atoms with Gasteiger partial charge in [0, 0.05) is 25.8 Å². The van der Waals surface area contributed by atoms with Crippen LogP contribution in [0, 0.1) is 12.8 Å². The lowest BCUT2D eigenvalue weighted by Crippen LogP contribution is -2.40. The summed E-state index contributed by atoms with van der Waals surface area (Å²) in [6, 6.07) is 2.74. The van der Waals surface area contributed by atoms with Gasteiger partial charge in [0.1, 0.15) is 0 Å². The molecule has 0 atom stereocenters. The van der Waals surface area contributed by atoms with Crippen molar-refractivity contribution in [3.05, 3.63) is 18.0 Å². The van der Waals surface area contributed by atoms with Gasteiger partial charge in [0.25, 0.3) is 0 Å². The lowest BCUT2D eigenvalue weighted by atomic mass is 9.96. The first kappa shape index (κ1) is 13.1. The van der Waals surface area contributed by atoms with E-state index in [1.165, 1.54) is 58.4 Å². The van der Waals surface area contributed by atoms with Crippen LogP contribution in [0.5, 0.6) is 0 Å². The van der Waals surface area contributed by atoms with Crippen molar-refractivity contribution in [2.24, 2.45) is 5.92 Å². The number of hydrogen-bond donors (Lipinski definition) is 1. The second kappa shape index (κ2) is 6.06. The Morgan fingerprint density at radius 3 is 2.58 bits per heavy atom. The molecule has 1 aromatic rings. The Labute approximate surface area is 116 Å². The van der Waals surface area contributed by atoms with Crippen LogP contribution in [-0.4, -0.2) is 47.4 Å². The fourth-order valence-electron chi connectivity index (χ4n) is 3.43. The molecule has 19 heavy (non-hydrogen) atoms. The fraction of sp³-hybridized carbons (Fsp3) is 0.800. The lowest BCUT2D eigenvalue weighted by molar-refractivity contribution is 0.146. The Hall–Kier alpha value is -0.870. The van der Waals surface area contributed by atoms with Crippen LogP contribution in [0.15, 0.2) is 12.3 Å². The van der Waals surface area contributed by atoms with Gasteiger partial charge in [-0.15, -0.1) is 0 Å². The van der Waals surface area contributed by atoms with E-state index >= 15 is 0 Å². The zero-order chi connectivity index (χ0) is 13.1. The molecule has 2 saturated heterocycles. The van der Waals surface area contributed by atoms with Gasteiger partial charge >= 0.3 is 0 Å². The molecule has 4 nitrogen and oxygen atoms in total. The van der Waals surface area contributed by atoms with E-state index in [9.17, 15) is 0 Å². The number of piperidine rings is 2. The first-order valence-corrected chi connectivity index (χ1v) is 7.76. The Bertz CT molecular complexity index is 387. The van der Waals surface area contributed by atoms with Gasteiger partial charge in [0.05, 0.1) is 11.7 Å². The van der Waals surface area contributed by atoms with Crippen LogP contribution in [0.3, 0.4) is 0 Å². The highest BCUT2D eigenvalue weighted by molar-refractivity contribution is 4.96. The third-order valence-electron chi connectivity index (χ3n) is 4.65. The topological polar surface area (TPSA) is 33.1 Å². The molecule has 0 unspecified atom stereocenters. The zero-order valence-electron chi connectivity index (χ0n) is 12.0. The minimum absolute atomic E-state index is 0.623. The molecule has 0 saturated carbocycles. The number of aromatic nitrogens is 2. The van der Waals surface area contributed by atoms with Crippen LogP contribution < -0.4 is 5.32 Å². The number of hydrogen-bond acceptors (Lipinski definition) is 3. The molecule has 106 valence electrons. The molecular formula is C15H26N4. The Morgan fingerprint density at radius 2 is 1.95 bits per heavy atom. The van der Waals surface area contributed by atoms with E-state index in [1.54, 1.807) is 0 Å². The van der Waals surface area contributed by atoms with Gasteiger partial charge in [-0.3, -0.25) is 4.68 Å². The number of rotatable bonds is 3. The summed E-state index contributed by atoms with van der Waals surface area (Å²) in [5.74, 6) is 0.921. The first-order valence-electron chi connectivity index (χ1n) is 7.76. The van der Waals surface area contributed by atoms with Crippen molar-refractivity contribution in [3.63, 3.8) is 0 Å². The number of nitrogens with zero attached hydrogens (tertiary/aromatic N) is 3. The summed E-state index contributed by atoms with van der Waals surface area (Å²) < 4.78 is 2.18. The van der Waals surface area contributed by atoms with Gasteiger partial charge in [0.15, 0.2) is 0 Å². The van der Waals surface area contributed by atoms with Crippen molar-refractivity contribution in [1.82, 2.24) is 20.0 Å². The van der Waals surface area contributed by atoms with Crippen LogP contribution in [0.2, 0.25) is 0 Å². The standard InChI is InChI=1S/C15H26N4/c1-13-4-11-19(17-13)15-5-9-18(10-6-15)12-14-2-7-16-8-3-14/h4,11,14-16H,2-3,5-10,12H2,1H3. The van der Waals surface area contributed by atoms with Gasteiger partial charge in [-0.1, -0.05) is 0 Å². The minimum atomic E-state index is 0.623. The van der Waals surface area contributed by atoms with E-state index < -0.39 is 0 Å². The Balaban J connectivity index is 1.46. The molecule has 3 heterocycles. The summed E-state index contributed by atoms with van der Waals surface area (Å²) in [5, 5.41) is 8.02. The van der Waals surface area contributed by atoms with Crippen LogP contribution in [0.1, 0.15) is 37.4 Å². The zero-order valence-corrected chi connectivity index (χ0v) is 12.0. The highest BCUT2D eigenvalue weighted by Crippen LogP contribution is 2.23. The molecule has 0 aromatic carbocycles. The molecule has 1 aromatic heterocycles. The summed E-state index contributed by atoms with van der Waals surface area (Å²) in [6.07, 6.45) is 7.37. The normalized spacial score (nSPS) is 23.8. The van der Waals surface area contributed by atoms with E-state index in [4.69, 9.17) is 0 Å². The molecule has 0 amide bonds. The second-order valence-electron chi connectivity index (χ2n) is 6.16. The Morgan fingerprint density at radius 1 is 1.21 bits per heavy atom. The van der Waals surface area contributed by atoms with Gasteiger partial charge in [-0.2, -0.15) is 5.10 Å². The summed E-state index contributed by atoms with van der Waals surface area (Å²) in [7, 11) is 0. The molecule has 2 aliphatic heterocycles. The summed E-state index contributed by atoms with van der Waals surface area (Å²) in [4.78, 5) is 2.67. The molecule has 2 fully saturated rings. The maximum absolute atomic E-state index is 4.56. The third kappa shape index (κ3) is 3.37. The fourth-order valence-corrected chi connectivity index (χ4v) is 3.43. The molecular weight excluding hydrogens is 236 g/mol. The maximum atomic E-state index is 4.56. The van der Waals surface area contributed by atoms with Crippen molar-refractivity contribution in [3.8, 4) is 0 Å². The SMILES string of the molecule is Cc1ccn(C2CCN(CC3CCNCC3)CC2)n1. The smallest absolute Gasteiger partial charge is 0.0593 e. The monoisotopic (exact) mass is 262 g/mol. The van der Waals surface area contributed by atoms with Crippen LogP contribution in [0.4, 0.5) is 0 Å². The number of nitrogens with one attached hydrogen (secondary N) is 1. The molecule has 3 rings (SSSR count). The number of likely N-dealkylation sites (tertiary alicyclic amines) is 1. The largest absolute Gasteiger partial charge is 0.317 e. The Kier molecular flexibility index (Phi) is 4.18. The highest BCUT2D eigenvalue weighted by atomic mass is 15.3. The van der Waals surface area contributed by atoms with E-state index in [-0.39, 0.29) is 0 Å². The molecule has 2 aliphatic rings. The second-order valence-corrected chi connectivity index (χ2v) is 6.16. The van der Waals surface area contributed by atoms with E-state index in [2.05, 4.69) is 39.2 Å². The summed E-state index contributed by atoms with van der Waals surface area (Å²) in [5.41, 5.74) is 1.14. The molecule has 1 N–H and O–H groups in total. The van der Waals surface area contributed by atoms with E-state index in [0.717, 1.165) is 11.6 Å². The first-order chi connectivity index (χ1) is 9.31. The van der Waals surface area contributed by atoms with Gasteiger partial charge in [0.2, 0.25) is 0 Å². The molecule has 0 bridgehead atoms. The predicted molar refractivity (Wildman–Crippen MR) is 77.3 cm³/mol. The van der Waals surface area contributed by atoms with Gasteiger partial charge in [-0.05, 0) is 57.7 Å². The van der Waals surface area contributed by atoms with Crippen LogP contribution in [0.25, 0.3) is 0 Å². The molecule has 0 spiro atoms. The van der Waals surface area contributed by atoms with Crippen LogP contribution >= 0.6 is 0 Å². The van der Waals surface area contributed by atoms with Gasteiger partial charge in [-0.25, -0.2) is 0 Å². The van der Waals surface area contributed by atoms with Gasteiger partial charge < -0.3 is 10.2 Å². The minimum Gasteiger partial charge on any atom is -0.317 e. The number of aryl methyl sites for hydroxylation is 1. The van der Waals surface area contributed by atoms with E-state index in [0.29, 0.717) is 6.04 Å². The van der Waals surface area contributed by atoms with Crippen molar-refractivity contribution in [2.75, 3.05) is 32.7 Å². The quantitative estimate of drug-likeness (QED) is 0.902. The van der Waals surface area contributed by atoms with E-state index in [1.807, 2.05) is 0 Å². The maximum Gasteiger partial charge on any atom is 0.0593 e. The van der Waals surface area contributed by atoms with Crippen LogP contribution in [-0.2, 0) is 0 Å². The van der Waals surface area contributed by atoms with Crippen molar-refractivity contribution in [2.45, 2.75) is 38.6 Å². The average molecular weight is 262 g/mol. The summed E-state index contributed by atoms with van der Waals surface area (Å²) in [6.45, 7) is 8.30. The molecule has 0 aliphatic carbocycles. The highest BCUT2D eigenvalue weighted by Gasteiger charge is 2.23. The lowest BCUT2D eigenvalue weighted by Gasteiger charge is -2.35. The third-order valence-corrected chi connectivity index (χ3v) is 4.65. The predicted octanol–water partition coefficient (Wildman–Crippen LogP) is 1.83. The molecule has 0 radical (unpaired) electrons. The van der Waals surface area contributed by atoms with Crippen molar-refractivity contribution in [1.29, 1.82) is 0 Å². The average Bonchev–Trinajstić information content (AvgIpc) is 2.87.